The monoisotopic (exact) mass is 508 g/mol. The van der Waals surface area contributed by atoms with Crippen molar-refractivity contribution in [3.63, 3.8) is 0 Å². The maximum absolute atomic E-state index is 13.2. The van der Waals surface area contributed by atoms with Crippen molar-refractivity contribution in [3.05, 3.63) is 58.7 Å². The number of hydrogen-bond acceptors (Lipinski definition) is 6. The number of esters is 1. The molecule has 4 rings (SSSR count). The van der Waals surface area contributed by atoms with Gasteiger partial charge in [-0.3, -0.25) is 14.6 Å². The molecule has 0 N–H and O–H groups in total. The van der Waals surface area contributed by atoms with Gasteiger partial charge in [0.05, 0.1) is 26.8 Å². The highest BCUT2D eigenvalue weighted by Crippen LogP contribution is 2.46. The molecular formula is C31H44N2O4. The number of carbonyl (C=O) groups is 1. The molecule has 2 fully saturated rings. The molecule has 6 nitrogen and oxygen atoms in total. The van der Waals surface area contributed by atoms with Crippen molar-refractivity contribution >= 4 is 5.97 Å². The number of benzene rings is 2. The molecule has 0 amide bonds. The molecule has 37 heavy (non-hydrogen) atoms. The van der Waals surface area contributed by atoms with Crippen molar-refractivity contribution in [2.75, 3.05) is 28.3 Å². The number of ether oxygens (including phenoxy) is 3. The van der Waals surface area contributed by atoms with Crippen LogP contribution in [0.2, 0.25) is 0 Å². The summed E-state index contributed by atoms with van der Waals surface area (Å²) in [5.74, 6) is 1.28. The molecule has 0 aromatic heterocycles. The van der Waals surface area contributed by atoms with E-state index in [0.29, 0.717) is 12.1 Å². The summed E-state index contributed by atoms with van der Waals surface area (Å²) < 4.78 is 17.0. The minimum atomic E-state index is -0.541. The maximum atomic E-state index is 13.2. The predicted octanol–water partition coefficient (Wildman–Crippen LogP) is 6.06. The molecule has 6 heteroatoms. The van der Waals surface area contributed by atoms with Gasteiger partial charge >= 0.3 is 5.97 Å². The number of carbonyl (C=O) groups excluding carboxylic acids is 1. The van der Waals surface area contributed by atoms with Crippen LogP contribution in [0.25, 0.3) is 0 Å². The summed E-state index contributed by atoms with van der Waals surface area (Å²) in [5, 5.41) is 0. The van der Waals surface area contributed by atoms with Gasteiger partial charge in [-0.05, 0) is 101 Å². The largest absolute Gasteiger partial charge is 0.497 e. The summed E-state index contributed by atoms with van der Waals surface area (Å²) >= 11 is 0. The van der Waals surface area contributed by atoms with Crippen LogP contribution in [0, 0.1) is 6.92 Å². The topological polar surface area (TPSA) is 51.2 Å². The summed E-state index contributed by atoms with van der Waals surface area (Å²) in [4.78, 5) is 18.3. The van der Waals surface area contributed by atoms with Crippen molar-refractivity contribution in [2.45, 2.75) is 89.6 Å². The zero-order valence-corrected chi connectivity index (χ0v) is 23.8. The first-order chi connectivity index (χ1) is 17.5. The molecule has 3 atom stereocenters. The normalized spacial score (nSPS) is 21.9. The third kappa shape index (κ3) is 5.80. The van der Waals surface area contributed by atoms with Gasteiger partial charge in [0.15, 0.2) is 0 Å². The van der Waals surface area contributed by atoms with Crippen molar-refractivity contribution in [1.29, 1.82) is 0 Å². The molecular weight excluding hydrogens is 464 g/mol. The Morgan fingerprint density at radius 3 is 1.97 bits per heavy atom. The minimum Gasteiger partial charge on any atom is -0.497 e. The molecule has 202 valence electrons. The molecule has 2 aromatic carbocycles. The minimum absolute atomic E-state index is 0.109. The van der Waals surface area contributed by atoms with Crippen LogP contribution >= 0.6 is 0 Å². The van der Waals surface area contributed by atoms with E-state index in [0.717, 1.165) is 28.2 Å². The first kappa shape index (κ1) is 27.5. The van der Waals surface area contributed by atoms with Crippen molar-refractivity contribution in [3.8, 4) is 11.5 Å². The van der Waals surface area contributed by atoms with Crippen LogP contribution in [-0.2, 0) is 9.53 Å². The van der Waals surface area contributed by atoms with E-state index in [2.05, 4.69) is 49.0 Å². The molecule has 1 heterocycles. The number of hydrogen-bond donors (Lipinski definition) is 0. The number of nitrogens with zero attached hydrogens (tertiary/aromatic N) is 2. The van der Waals surface area contributed by atoms with E-state index in [1.165, 1.54) is 31.2 Å². The maximum Gasteiger partial charge on any atom is 0.307 e. The van der Waals surface area contributed by atoms with Crippen LogP contribution in [0.5, 0.6) is 11.5 Å². The lowest BCUT2D eigenvalue weighted by atomic mass is 9.82. The Balaban J connectivity index is 1.84. The second-order valence-corrected chi connectivity index (χ2v) is 11.7. The lowest BCUT2D eigenvalue weighted by Gasteiger charge is -2.32. The van der Waals surface area contributed by atoms with E-state index in [-0.39, 0.29) is 24.5 Å². The van der Waals surface area contributed by atoms with Gasteiger partial charge in [-0.2, -0.15) is 0 Å². The number of rotatable bonds is 7. The molecule has 2 aliphatic rings. The van der Waals surface area contributed by atoms with Crippen LogP contribution in [0.3, 0.4) is 0 Å². The first-order valence-corrected chi connectivity index (χ1v) is 13.5. The smallest absolute Gasteiger partial charge is 0.307 e. The summed E-state index contributed by atoms with van der Waals surface area (Å²) in [6.07, 6.45) is 5.38. The quantitative estimate of drug-likeness (QED) is 0.424. The zero-order chi connectivity index (χ0) is 26.9. The van der Waals surface area contributed by atoms with E-state index in [1.807, 2.05) is 39.0 Å². The number of aryl methyl sites for hydroxylation is 1. The fourth-order valence-corrected chi connectivity index (χ4v) is 6.45. The van der Waals surface area contributed by atoms with Crippen LogP contribution in [-0.4, -0.2) is 61.8 Å². The van der Waals surface area contributed by atoms with E-state index < -0.39 is 5.60 Å². The number of likely N-dealkylation sites (N-methyl/N-ethyl adjacent to an activating group) is 2. The second-order valence-electron chi connectivity index (χ2n) is 11.7. The lowest BCUT2D eigenvalue weighted by Crippen LogP contribution is -2.37. The van der Waals surface area contributed by atoms with Gasteiger partial charge in [0.2, 0.25) is 0 Å². The van der Waals surface area contributed by atoms with Gasteiger partial charge in [-0.15, -0.1) is 0 Å². The SMILES string of the molecule is COc1ccc(C(CC(=O)OC(C)(C)C)c2ccc(OC)cc2C2N(C)[C@@H]3CCCC[C@H]3N2C)c(C)c1. The molecule has 1 aliphatic carbocycles. The highest BCUT2D eigenvalue weighted by atomic mass is 16.6. The second kappa shape index (κ2) is 11.0. The van der Waals surface area contributed by atoms with Crippen LogP contribution in [0.15, 0.2) is 36.4 Å². The fourth-order valence-electron chi connectivity index (χ4n) is 6.45. The number of fused-ring (bicyclic) bond motifs is 1. The van der Waals surface area contributed by atoms with Gasteiger partial charge < -0.3 is 14.2 Å². The van der Waals surface area contributed by atoms with E-state index in [4.69, 9.17) is 14.2 Å². The van der Waals surface area contributed by atoms with Gasteiger partial charge in [0.1, 0.15) is 17.1 Å². The summed E-state index contributed by atoms with van der Waals surface area (Å²) in [5.41, 5.74) is 4.00. The van der Waals surface area contributed by atoms with Gasteiger partial charge in [-0.25, -0.2) is 0 Å². The van der Waals surface area contributed by atoms with Crippen molar-refractivity contribution in [2.24, 2.45) is 0 Å². The standard InChI is InChI=1S/C31H44N2O4/c1-20-17-21(35-7)13-15-23(20)25(19-29(34)37-31(2,3)4)24-16-14-22(36-8)18-26(24)30-32(5)27-11-9-10-12-28(27)33(30)6/h13-18,25,27-28,30H,9-12,19H2,1-8H3/t25?,27-,28-/m1/s1. The summed E-state index contributed by atoms with van der Waals surface area (Å²) in [6, 6.07) is 13.5. The Hall–Kier alpha value is -2.57. The lowest BCUT2D eigenvalue weighted by molar-refractivity contribution is -0.155. The molecule has 1 saturated carbocycles. The summed E-state index contributed by atoms with van der Waals surface area (Å²) in [6.45, 7) is 7.84. The van der Waals surface area contributed by atoms with E-state index in [1.54, 1.807) is 14.2 Å². The van der Waals surface area contributed by atoms with Gasteiger partial charge in [0.25, 0.3) is 0 Å². The fraction of sp³-hybridized carbons (Fsp3) is 0.581. The van der Waals surface area contributed by atoms with E-state index in [9.17, 15) is 4.79 Å². The van der Waals surface area contributed by atoms with Crippen molar-refractivity contribution in [1.82, 2.24) is 9.80 Å². The Morgan fingerprint density at radius 2 is 1.46 bits per heavy atom. The Morgan fingerprint density at radius 1 is 0.919 bits per heavy atom. The molecule has 0 bridgehead atoms. The van der Waals surface area contributed by atoms with Crippen LogP contribution in [0.1, 0.15) is 87.2 Å². The average Bonchev–Trinajstić information content (AvgIpc) is 3.11. The Kier molecular flexibility index (Phi) is 8.20. The van der Waals surface area contributed by atoms with Crippen molar-refractivity contribution < 1.29 is 19.0 Å². The highest BCUT2D eigenvalue weighted by Gasteiger charge is 2.45. The molecule has 0 spiro atoms. The highest BCUT2D eigenvalue weighted by molar-refractivity contribution is 5.72. The van der Waals surface area contributed by atoms with Gasteiger partial charge in [0, 0.05) is 18.0 Å². The molecule has 1 unspecified atom stereocenters. The van der Waals surface area contributed by atoms with Gasteiger partial charge in [-0.1, -0.05) is 25.0 Å². The zero-order valence-electron chi connectivity index (χ0n) is 23.8. The van der Waals surface area contributed by atoms with E-state index >= 15 is 0 Å². The molecule has 1 saturated heterocycles. The van der Waals surface area contributed by atoms with Crippen LogP contribution < -0.4 is 9.47 Å². The molecule has 1 aliphatic heterocycles. The third-order valence-corrected chi connectivity index (χ3v) is 8.10. The third-order valence-electron chi connectivity index (χ3n) is 8.10. The average molecular weight is 509 g/mol. The summed E-state index contributed by atoms with van der Waals surface area (Å²) in [7, 11) is 7.90. The first-order valence-electron chi connectivity index (χ1n) is 13.5. The molecule has 2 aromatic rings. The molecule has 0 radical (unpaired) electrons. The number of methoxy groups -OCH3 is 2. The Bertz CT molecular complexity index is 1090. The Labute approximate surface area is 222 Å². The predicted molar refractivity (Wildman–Crippen MR) is 147 cm³/mol. The van der Waals surface area contributed by atoms with Crippen LogP contribution in [0.4, 0.5) is 0 Å².